The molecule has 1 saturated heterocycles. The van der Waals surface area contributed by atoms with Crippen molar-refractivity contribution in [3.63, 3.8) is 0 Å². The van der Waals surface area contributed by atoms with Crippen LogP contribution in [0.2, 0.25) is 0 Å². The van der Waals surface area contributed by atoms with Crippen molar-refractivity contribution in [1.29, 1.82) is 0 Å². The third-order valence-corrected chi connectivity index (χ3v) is 5.64. The molecule has 0 spiro atoms. The molecule has 28 heavy (non-hydrogen) atoms. The van der Waals surface area contributed by atoms with E-state index >= 15 is 0 Å². The molecule has 0 saturated carbocycles. The molecule has 3 heterocycles. The van der Waals surface area contributed by atoms with Crippen LogP contribution in [0.15, 0.2) is 30.6 Å². The number of amides is 1. The van der Waals surface area contributed by atoms with Gasteiger partial charge in [-0.15, -0.1) is 0 Å². The molecule has 2 aromatic rings. The number of hydrogen-bond donors (Lipinski definition) is 1. The fourth-order valence-corrected chi connectivity index (χ4v) is 4.15. The molecular weight excluding hydrogens is 371 g/mol. The molecule has 4 rings (SSSR count). The summed E-state index contributed by atoms with van der Waals surface area (Å²) in [5.41, 5.74) is 0.759. The molecule has 0 unspecified atom stereocenters. The van der Waals surface area contributed by atoms with Gasteiger partial charge in [0.25, 0.3) is 6.43 Å². The van der Waals surface area contributed by atoms with E-state index in [4.69, 9.17) is 0 Å². The number of hydrogen-bond acceptors (Lipinski definition) is 4. The van der Waals surface area contributed by atoms with Gasteiger partial charge in [0.05, 0.1) is 6.42 Å². The number of anilines is 1. The van der Waals surface area contributed by atoms with Gasteiger partial charge in [-0.2, -0.15) is 10.1 Å². The highest BCUT2D eigenvalue weighted by Crippen LogP contribution is 2.35. The van der Waals surface area contributed by atoms with Crippen LogP contribution in [0.25, 0.3) is 0 Å². The quantitative estimate of drug-likeness (QED) is 0.868. The molecule has 1 aromatic heterocycles. The number of benzene rings is 1. The topological polar surface area (TPSA) is 63.1 Å². The number of fused-ring (bicyclic) bond motifs is 1. The summed E-state index contributed by atoms with van der Waals surface area (Å²) in [7, 11) is 0. The van der Waals surface area contributed by atoms with Crippen LogP contribution >= 0.6 is 0 Å². The maximum Gasteiger partial charge on any atom is 0.260 e. The van der Waals surface area contributed by atoms with E-state index in [-0.39, 0.29) is 36.5 Å². The highest BCUT2D eigenvalue weighted by molar-refractivity contribution is 5.78. The Bertz CT molecular complexity index is 825. The maximum absolute atomic E-state index is 13.5. The molecule has 1 aromatic carbocycles. The van der Waals surface area contributed by atoms with Crippen LogP contribution in [-0.4, -0.2) is 51.1 Å². The first-order valence-corrected chi connectivity index (χ1v) is 9.47. The van der Waals surface area contributed by atoms with Crippen LogP contribution in [0, 0.1) is 11.7 Å². The molecule has 6 nitrogen and oxygen atoms in total. The normalized spacial score (nSPS) is 24.7. The molecule has 150 valence electrons. The van der Waals surface area contributed by atoms with Crippen LogP contribution in [0.1, 0.15) is 30.9 Å². The zero-order valence-corrected chi connectivity index (χ0v) is 15.3. The molecule has 9 heteroatoms. The van der Waals surface area contributed by atoms with E-state index in [0.717, 1.165) is 18.4 Å². The second-order valence-corrected chi connectivity index (χ2v) is 7.46. The van der Waals surface area contributed by atoms with Gasteiger partial charge in [-0.3, -0.25) is 4.79 Å². The van der Waals surface area contributed by atoms with Crippen molar-refractivity contribution in [3.05, 3.63) is 42.0 Å². The first kappa shape index (κ1) is 18.8. The summed E-state index contributed by atoms with van der Waals surface area (Å²) in [4.78, 5) is 18.5. The SMILES string of the molecule is O=C(Cc1ccc(F)cc1)N1CCC[C@@H]([C@@H]2C[C@H](C(F)F)n3ncnc3N2)C1. The summed E-state index contributed by atoms with van der Waals surface area (Å²) in [6, 6.07) is 4.71. The lowest BCUT2D eigenvalue weighted by Gasteiger charge is -2.40. The highest BCUT2D eigenvalue weighted by Gasteiger charge is 2.38. The summed E-state index contributed by atoms with van der Waals surface area (Å²) in [5, 5.41) is 7.13. The van der Waals surface area contributed by atoms with Gasteiger partial charge in [-0.1, -0.05) is 12.1 Å². The zero-order valence-electron chi connectivity index (χ0n) is 15.3. The van der Waals surface area contributed by atoms with E-state index in [2.05, 4.69) is 15.4 Å². The summed E-state index contributed by atoms with van der Waals surface area (Å²) in [6.45, 7) is 1.17. The molecule has 0 aliphatic carbocycles. The Balaban J connectivity index is 1.42. The molecular formula is C19H22F3N5O. The standard InChI is InChI=1S/C19H22F3N5O/c20-14-5-3-12(4-6-14)8-17(28)26-7-1-2-13(10-26)15-9-16(18(21)22)27-19(25-15)23-11-24-27/h3-6,11,13,15-16,18H,1-2,7-10H2,(H,23,24,25)/t13-,15+,16-/m1/s1. The van der Waals surface area contributed by atoms with Gasteiger partial charge >= 0.3 is 0 Å². The Morgan fingerprint density at radius 2 is 2.07 bits per heavy atom. The summed E-state index contributed by atoms with van der Waals surface area (Å²) in [5.74, 6) is 0.0636. The lowest BCUT2D eigenvalue weighted by atomic mass is 9.86. The number of rotatable bonds is 4. The number of nitrogens with zero attached hydrogens (tertiary/aromatic N) is 4. The van der Waals surface area contributed by atoms with Crippen LogP contribution in [0.3, 0.4) is 0 Å². The van der Waals surface area contributed by atoms with Crippen molar-refractivity contribution in [2.24, 2.45) is 5.92 Å². The monoisotopic (exact) mass is 393 g/mol. The molecule has 2 aliphatic heterocycles. The first-order valence-electron chi connectivity index (χ1n) is 9.47. The summed E-state index contributed by atoms with van der Waals surface area (Å²) < 4.78 is 41.3. The van der Waals surface area contributed by atoms with Crippen LogP contribution < -0.4 is 5.32 Å². The van der Waals surface area contributed by atoms with Crippen LogP contribution in [0.4, 0.5) is 19.1 Å². The van der Waals surface area contributed by atoms with Crippen LogP contribution in [-0.2, 0) is 11.2 Å². The molecule has 1 N–H and O–H groups in total. The second-order valence-electron chi connectivity index (χ2n) is 7.46. The van der Waals surface area contributed by atoms with Gasteiger partial charge in [0.2, 0.25) is 11.9 Å². The summed E-state index contributed by atoms with van der Waals surface area (Å²) in [6.07, 6.45) is 0.897. The minimum atomic E-state index is -2.52. The van der Waals surface area contributed by atoms with Crippen molar-refractivity contribution in [2.75, 3.05) is 18.4 Å². The van der Waals surface area contributed by atoms with Crippen molar-refractivity contribution >= 4 is 11.9 Å². The Morgan fingerprint density at radius 3 is 2.82 bits per heavy atom. The number of carbonyl (C=O) groups excluding carboxylic acids is 1. The molecule has 0 bridgehead atoms. The lowest BCUT2D eigenvalue weighted by Crippen LogP contribution is -2.48. The molecule has 3 atom stereocenters. The third-order valence-electron chi connectivity index (χ3n) is 5.64. The third kappa shape index (κ3) is 3.83. The summed E-state index contributed by atoms with van der Waals surface area (Å²) >= 11 is 0. The molecule has 1 amide bonds. The Labute approximate surface area is 160 Å². The van der Waals surface area contributed by atoms with Crippen LogP contribution in [0.5, 0.6) is 0 Å². The predicted molar refractivity (Wildman–Crippen MR) is 96.5 cm³/mol. The lowest BCUT2D eigenvalue weighted by molar-refractivity contribution is -0.132. The van der Waals surface area contributed by atoms with Gasteiger partial charge in [0.15, 0.2) is 0 Å². The number of nitrogens with one attached hydrogen (secondary N) is 1. The van der Waals surface area contributed by atoms with E-state index in [1.54, 1.807) is 17.0 Å². The Kier molecular flexibility index (Phi) is 5.23. The fraction of sp³-hybridized carbons (Fsp3) is 0.526. The van der Waals surface area contributed by atoms with Crippen molar-refractivity contribution < 1.29 is 18.0 Å². The minimum absolute atomic E-state index is 0.0271. The molecule has 2 aliphatic rings. The highest BCUT2D eigenvalue weighted by atomic mass is 19.3. The van der Waals surface area contributed by atoms with Gasteiger partial charge in [0, 0.05) is 19.1 Å². The van der Waals surface area contributed by atoms with Crippen molar-refractivity contribution in [3.8, 4) is 0 Å². The Morgan fingerprint density at radius 1 is 1.29 bits per heavy atom. The molecule has 1 fully saturated rings. The molecule has 0 radical (unpaired) electrons. The van der Waals surface area contributed by atoms with Crippen molar-refractivity contribution in [1.82, 2.24) is 19.7 Å². The fourth-order valence-electron chi connectivity index (χ4n) is 4.15. The number of halogens is 3. The Hall–Kier alpha value is -2.58. The van der Waals surface area contributed by atoms with E-state index in [0.29, 0.717) is 19.0 Å². The number of aromatic nitrogens is 3. The number of likely N-dealkylation sites (tertiary alicyclic amines) is 1. The first-order chi connectivity index (χ1) is 13.5. The zero-order chi connectivity index (χ0) is 19.7. The van der Waals surface area contributed by atoms with Gasteiger partial charge < -0.3 is 10.2 Å². The van der Waals surface area contributed by atoms with E-state index in [9.17, 15) is 18.0 Å². The van der Waals surface area contributed by atoms with Gasteiger partial charge in [0.1, 0.15) is 18.2 Å². The predicted octanol–water partition coefficient (Wildman–Crippen LogP) is 2.89. The van der Waals surface area contributed by atoms with E-state index in [1.165, 1.54) is 23.1 Å². The average molecular weight is 393 g/mol. The second kappa shape index (κ2) is 7.81. The smallest absolute Gasteiger partial charge is 0.260 e. The minimum Gasteiger partial charge on any atom is -0.351 e. The van der Waals surface area contributed by atoms with E-state index < -0.39 is 12.5 Å². The maximum atomic E-state index is 13.5. The number of alkyl halides is 2. The average Bonchev–Trinajstić information content (AvgIpc) is 3.17. The van der Waals surface area contributed by atoms with E-state index in [1.807, 2.05) is 0 Å². The number of piperidine rings is 1. The van der Waals surface area contributed by atoms with Gasteiger partial charge in [-0.05, 0) is 42.9 Å². The van der Waals surface area contributed by atoms with Crippen molar-refractivity contribution in [2.45, 2.75) is 44.2 Å². The number of carbonyl (C=O) groups is 1. The van der Waals surface area contributed by atoms with Gasteiger partial charge in [-0.25, -0.2) is 17.9 Å². The largest absolute Gasteiger partial charge is 0.351 e.